The van der Waals surface area contributed by atoms with Crippen molar-refractivity contribution in [3.63, 3.8) is 0 Å². The standard InChI is InChI=1S/C10H15ClN2O3S/c1-2-8(6-14)13-17(15,16)10-5-7(12)3-4-9(10)11/h3-5,8,13-14H,2,6,12H2,1H3/t8-/m0/s1. The Morgan fingerprint density at radius 2 is 2.18 bits per heavy atom. The number of nitrogen functional groups attached to an aromatic ring is 1. The predicted molar refractivity (Wildman–Crippen MR) is 67.4 cm³/mol. The second kappa shape index (κ2) is 5.68. The van der Waals surface area contributed by atoms with E-state index in [0.29, 0.717) is 12.1 Å². The first-order valence-electron chi connectivity index (χ1n) is 5.09. The van der Waals surface area contributed by atoms with Crippen LogP contribution < -0.4 is 10.5 Å². The summed E-state index contributed by atoms with van der Waals surface area (Å²) in [6, 6.07) is 3.70. The number of hydrogen-bond acceptors (Lipinski definition) is 4. The van der Waals surface area contributed by atoms with E-state index in [9.17, 15) is 8.42 Å². The van der Waals surface area contributed by atoms with Crippen LogP contribution in [0.1, 0.15) is 13.3 Å². The van der Waals surface area contributed by atoms with Crippen LogP contribution in [0.25, 0.3) is 0 Å². The lowest BCUT2D eigenvalue weighted by molar-refractivity contribution is 0.254. The number of benzene rings is 1. The Morgan fingerprint density at radius 3 is 2.71 bits per heavy atom. The number of nitrogens with two attached hydrogens (primary N) is 1. The third kappa shape index (κ3) is 3.57. The van der Waals surface area contributed by atoms with E-state index in [1.807, 2.05) is 0 Å². The maximum absolute atomic E-state index is 12.0. The molecule has 0 saturated carbocycles. The van der Waals surface area contributed by atoms with Gasteiger partial charge in [-0.3, -0.25) is 0 Å². The van der Waals surface area contributed by atoms with Crippen molar-refractivity contribution < 1.29 is 13.5 Å². The van der Waals surface area contributed by atoms with E-state index in [0.717, 1.165) is 0 Å². The van der Waals surface area contributed by atoms with Crippen LogP contribution >= 0.6 is 11.6 Å². The van der Waals surface area contributed by atoms with Crippen molar-refractivity contribution in [2.45, 2.75) is 24.3 Å². The molecule has 0 aromatic heterocycles. The van der Waals surface area contributed by atoms with E-state index in [2.05, 4.69) is 4.72 Å². The van der Waals surface area contributed by atoms with Gasteiger partial charge in [-0.2, -0.15) is 0 Å². The van der Waals surface area contributed by atoms with Crippen LogP contribution in [-0.2, 0) is 10.0 Å². The van der Waals surface area contributed by atoms with Gasteiger partial charge in [-0.15, -0.1) is 0 Å². The molecule has 0 amide bonds. The highest BCUT2D eigenvalue weighted by atomic mass is 35.5. The van der Waals surface area contributed by atoms with Gasteiger partial charge in [0.05, 0.1) is 11.6 Å². The summed E-state index contributed by atoms with van der Waals surface area (Å²) in [6.07, 6.45) is 0.482. The van der Waals surface area contributed by atoms with Crippen LogP contribution in [0.15, 0.2) is 23.1 Å². The summed E-state index contributed by atoms with van der Waals surface area (Å²) in [6.45, 7) is 1.50. The van der Waals surface area contributed by atoms with E-state index in [1.165, 1.54) is 18.2 Å². The molecule has 0 heterocycles. The quantitative estimate of drug-likeness (QED) is 0.700. The number of sulfonamides is 1. The van der Waals surface area contributed by atoms with Crippen LogP contribution in [-0.4, -0.2) is 26.2 Å². The molecule has 96 valence electrons. The molecule has 1 aromatic carbocycles. The highest BCUT2D eigenvalue weighted by Crippen LogP contribution is 2.23. The van der Waals surface area contributed by atoms with Gasteiger partial charge in [-0.1, -0.05) is 18.5 Å². The molecule has 17 heavy (non-hydrogen) atoms. The van der Waals surface area contributed by atoms with Crippen molar-refractivity contribution in [1.82, 2.24) is 4.72 Å². The lowest BCUT2D eigenvalue weighted by atomic mass is 10.3. The number of aliphatic hydroxyl groups excluding tert-OH is 1. The summed E-state index contributed by atoms with van der Waals surface area (Å²) in [7, 11) is -3.76. The van der Waals surface area contributed by atoms with E-state index in [-0.39, 0.29) is 16.5 Å². The maximum Gasteiger partial charge on any atom is 0.242 e. The van der Waals surface area contributed by atoms with Crippen LogP contribution in [0, 0.1) is 0 Å². The van der Waals surface area contributed by atoms with E-state index < -0.39 is 16.1 Å². The Hall–Kier alpha value is -0.820. The molecule has 0 unspecified atom stereocenters. The summed E-state index contributed by atoms with van der Waals surface area (Å²) < 4.78 is 26.3. The Bertz CT molecular complexity index is 486. The Morgan fingerprint density at radius 1 is 1.53 bits per heavy atom. The van der Waals surface area contributed by atoms with Gasteiger partial charge in [0.25, 0.3) is 0 Å². The lowest BCUT2D eigenvalue weighted by Crippen LogP contribution is -2.37. The number of aliphatic hydroxyl groups is 1. The SMILES string of the molecule is CC[C@@H](CO)NS(=O)(=O)c1cc(N)ccc1Cl. The van der Waals surface area contributed by atoms with Gasteiger partial charge in [0, 0.05) is 11.7 Å². The van der Waals surface area contributed by atoms with Crippen LogP contribution in [0.2, 0.25) is 5.02 Å². The fraction of sp³-hybridized carbons (Fsp3) is 0.400. The monoisotopic (exact) mass is 278 g/mol. The smallest absolute Gasteiger partial charge is 0.242 e. The van der Waals surface area contributed by atoms with Crippen LogP contribution in [0.4, 0.5) is 5.69 Å². The molecular formula is C10H15ClN2O3S. The highest BCUT2D eigenvalue weighted by Gasteiger charge is 2.21. The van der Waals surface area contributed by atoms with Gasteiger partial charge in [0.15, 0.2) is 0 Å². The molecule has 4 N–H and O–H groups in total. The van der Waals surface area contributed by atoms with E-state index in [1.54, 1.807) is 6.92 Å². The molecule has 0 aliphatic rings. The molecule has 0 aliphatic heterocycles. The number of halogens is 1. The van der Waals surface area contributed by atoms with E-state index >= 15 is 0 Å². The maximum atomic E-state index is 12.0. The van der Waals surface area contributed by atoms with Crippen molar-refractivity contribution in [3.05, 3.63) is 23.2 Å². The third-order valence-corrected chi connectivity index (χ3v) is 4.28. The topological polar surface area (TPSA) is 92.4 Å². The minimum Gasteiger partial charge on any atom is -0.399 e. The fourth-order valence-corrected chi connectivity index (χ4v) is 3.10. The van der Waals surface area contributed by atoms with Crippen molar-refractivity contribution in [1.29, 1.82) is 0 Å². The summed E-state index contributed by atoms with van der Waals surface area (Å²) in [5.74, 6) is 0. The average molecular weight is 279 g/mol. The normalized spacial score (nSPS) is 13.6. The summed E-state index contributed by atoms with van der Waals surface area (Å²) in [5.41, 5.74) is 5.83. The molecule has 0 saturated heterocycles. The first kappa shape index (κ1) is 14.2. The van der Waals surface area contributed by atoms with Gasteiger partial charge in [-0.25, -0.2) is 13.1 Å². The summed E-state index contributed by atoms with van der Waals surface area (Å²) >= 11 is 5.81. The molecule has 0 radical (unpaired) electrons. The zero-order valence-corrected chi connectivity index (χ0v) is 10.9. The molecule has 5 nitrogen and oxygen atoms in total. The van der Waals surface area contributed by atoms with Crippen molar-refractivity contribution in [3.8, 4) is 0 Å². The van der Waals surface area contributed by atoms with Gasteiger partial charge < -0.3 is 10.8 Å². The molecule has 0 bridgehead atoms. The van der Waals surface area contributed by atoms with Crippen molar-refractivity contribution in [2.24, 2.45) is 0 Å². The van der Waals surface area contributed by atoms with Gasteiger partial charge >= 0.3 is 0 Å². The zero-order chi connectivity index (χ0) is 13.1. The number of anilines is 1. The minimum absolute atomic E-state index is 0.0777. The predicted octanol–water partition coefficient (Wildman–Crippen LogP) is 0.971. The molecule has 1 aromatic rings. The second-order valence-electron chi connectivity index (χ2n) is 3.60. The fourth-order valence-electron chi connectivity index (χ4n) is 1.26. The average Bonchev–Trinajstić information content (AvgIpc) is 2.29. The number of hydrogen-bond donors (Lipinski definition) is 3. The van der Waals surface area contributed by atoms with E-state index in [4.69, 9.17) is 22.4 Å². The van der Waals surface area contributed by atoms with Gasteiger partial charge in [-0.05, 0) is 24.6 Å². The Kier molecular flexibility index (Phi) is 4.76. The first-order valence-corrected chi connectivity index (χ1v) is 6.95. The van der Waals surface area contributed by atoms with Crippen molar-refractivity contribution >= 4 is 27.3 Å². The third-order valence-electron chi connectivity index (χ3n) is 2.28. The molecule has 7 heteroatoms. The van der Waals surface area contributed by atoms with Gasteiger partial charge in [0.2, 0.25) is 10.0 Å². The number of nitrogens with one attached hydrogen (secondary N) is 1. The zero-order valence-electron chi connectivity index (χ0n) is 9.35. The highest BCUT2D eigenvalue weighted by molar-refractivity contribution is 7.89. The van der Waals surface area contributed by atoms with Crippen LogP contribution in [0.3, 0.4) is 0 Å². The lowest BCUT2D eigenvalue weighted by Gasteiger charge is -2.15. The summed E-state index contributed by atoms with van der Waals surface area (Å²) in [4.78, 5) is -0.0777. The van der Waals surface area contributed by atoms with Crippen molar-refractivity contribution in [2.75, 3.05) is 12.3 Å². The van der Waals surface area contributed by atoms with Gasteiger partial charge in [0.1, 0.15) is 4.90 Å². The largest absolute Gasteiger partial charge is 0.399 e. The minimum atomic E-state index is -3.76. The van der Waals surface area contributed by atoms with Crippen LogP contribution in [0.5, 0.6) is 0 Å². The molecule has 0 aliphatic carbocycles. The molecule has 1 rings (SSSR count). The molecule has 0 spiro atoms. The Labute approximate surface area is 106 Å². The summed E-state index contributed by atoms with van der Waals surface area (Å²) in [5, 5.41) is 9.07. The second-order valence-corrected chi connectivity index (χ2v) is 5.69. The molecular weight excluding hydrogens is 264 g/mol. The first-order chi connectivity index (χ1) is 7.90. The Balaban J connectivity index is 3.09. The molecule has 1 atom stereocenters. The molecule has 0 fully saturated rings. The number of rotatable bonds is 5.